The second-order valence-electron chi connectivity index (χ2n) is 8.69. The molecule has 2 aliphatic rings. The Hall–Kier alpha value is -3.01. The number of ether oxygens (including phenoxy) is 2. The van der Waals surface area contributed by atoms with Crippen molar-refractivity contribution < 1.29 is 19.1 Å². The number of anilines is 1. The lowest BCUT2D eigenvalue weighted by Gasteiger charge is -2.32. The number of hydrogen-bond donors (Lipinski definition) is 1. The molecule has 5 rings (SSSR count). The van der Waals surface area contributed by atoms with Crippen LogP contribution in [-0.4, -0.2) is 73.1 Å². The fraction of sp³-hybridized carbons (Fsp3) is 0.346. The van der Waals surface area contributed by atoms with Gasteiger partial charge in [0.05, 0.1) is 43.6 Å². The van der Waals surface area contributed by atoms with Crippen molar-refractivity contribution in [2.45, 2.75) is 13.0 Å². The molecular formula is C26H27BrN4O4. The van der Waals surface area contributed by atoms with Crippen LogP contribution < -0.4 is 10.1 Å². The molecule has 3 heterocycles. The first kappa shape index (κ1) is 23.7. The molecule has 0 aliphatic carbocycles. The first-order valence-electron chi connectivity index (χ1n) is 11.7. The van der Waals surface area contributed by atoms with Crippen LogP contribution in [0.2, 0.25) is 0 Å². The molecule has 1 saturated heterocycles. The number of carbonyl (C=O) groups is 2. The van der Waals surface area contributed by atoms with Crippen LogP contribution in [0.25, 0.3) is 10.9 Å². The standard InChI is InChI=1S/C26H27BrN4O4/c1-34-23-7-6-17(27)14-22(23)29-24(32)16-30-9-8-21-19(15-30)25(18-4-2-3-5-20(18)28-21)26(33)31-10-12-35-13-11-31/h2-7,14H,8-13,15-16H2,1H3,(H,29,32). The number of morpholine rings is 1. The molecule has 182 valence electrons. The highest BCUT2D eigenvalue weighted by molar-refractivity contribution is 9.10. The first-order chi connectivity index (χ1) is 17.0. The van der Waals surface area contributed by atoms with Gasteiger partial charge in [-0.2, -0.15) is 0 Å². The molecule has 0 saturated carbocycles. The number of fused-ring (bicyclic) bond motifs is 2. The summed E-state index contributed by atoms with van der Waals surface area (Å²) < 4.78 is 11.7. The molecule has 9 heteroatoms. The summed E-state index contributed by atoms with van der Waals surface area (Å²) in [5.41, 5.74) is 3.99. The van der Waals surface area contributed by atoms with Gasteiger partial charge in [0.25, 0.3) is 5.91 Å². The van der Waals surface area contributed by atoms with E-state index in [1.165, 1.54) is 0 Å². The van der Waals surface area contributed by atoms with Crippen LogP contribution in [0.1, 0.15) is 21.6 Å². The van der Waals surface area contributed by atoms with Crippen molar-refractivity contribution in [2.75, 3.05) is 51.8 Å². The van der Waals surface area contributed by atoms with Gasteiger partial charge in [-0.1, -0.05) is 34.1 Å². The lowest BCUT2D eigenvalue weighted by Crippen LogP contribution is -2.42. The Morgan fingerprint density at radius 1 is 1.14 bits per heavy atom. The summed E-state index contributed by atoms with van der Waals surface area (Å²) in [4.78, 5) is 35.4. The van der Waals surface area contributed by atoms with Gasteiger partial charge in [-0.15, -0.1) is 0 Å². The maximum Gasteiger partial charge on any atom is 0.255 e. The van der Waals surface area contributed by atoms with Crippen molar-refractivity contribution in [1.29, 1.82) is 0 Å². The molecule has 35 heavy (non-hydrogen) atoms. The molecular weight excluding hydrogens is 512 g/mol. The predicted molar refractivity (Wildman–Crippen MR) is 137 cm³/mol. The minimum Gasteiger partial charge on any atom is -0.495 e. The third kappa shape index (κ3) is 5.03. The third-order valence-electron chi connectivity index (χ3n) is 6.44. The number of halogens is 1. The lowest BCUT2D eigenvalue weighted by atomic mass is 9.94. The number of carbonyl (C=O) groups excluding carboxylic acids is 2. The van der Waals surface area contributed by atoms with Gasteiger partial charge < -0.3 is 19.7 Å². The fourth-order valence-electron chi connectivity index (χ4n) is 4.72. The Balaban J connectivity index is 1.41. The number of para-hydroxylation sites is 1. The van der Waals surface area contributed by atoms with Crippen LogP contribution in [0.4, 0.5) is 5.69 Å². The van der Waals surface area contributed by atoms with E-state index in [-0.39, 0.29) is 18.4 Å². The van der Waals surface area contributed by atoms with Crippen molar-refractivity contribution in [3.63, 3.8) is 0 Å². The van der Waals surface area contributed by atoms with E-state index >= 15 is 0 Å². The van der Waals surface area contributed by atoms with E-state index in [0.29, 0.717) is 62.8 Å². The molecule has 1 aromatic heterocycles. The maximum absolute atomic E-state index is 13.7. The van der Waals surface area contributed by atoms with E-state index in [4.69, 9.17) is 14.5 Å². The lowest BCUT2D eigenvalue weighted by molar-refractivity contribution is -0.117. The van der Waals surface area contributed by atoms with Crippen LogP contribution in [-0.2, 0) is 22.5 Å². The smallest absolute Gasteiger partial charge is 0.255 e. The Morgan fingerprint density at radius 2 is 1.94 bits per heavy atom. The van der Waals surface area contributed by atoms with Crippen molar-refractivity contribution in [3.8, 4) is 5.75 Å². The van der Waals surface area contributed by atoms with Gasteiger partial charge >= 0.3 is 0 Å². The van der Waals surface area contributed by atoms with Crippen LogP contribution in [0, 0.1) is 0 Å². The molecule has 0 bridgehead atoms. The Morgan fingerprint density at radius 3 is 2.74 bits per heavy atom. The highest BCUT2D eigenvalue weighted by Crippen LogP contribution is 2.30. The van der Waals surface area contributed by atoms with Crippen molar-refractivity contribution >= 4 is 44.3 Å². The number of aromatic nitrogens is 1. The van der Waals surface area contributed by atoms with E-state index in [1.807, 2.05) is 41.3 Å². The number of rotatable bonds is 5. The Kier molecular flexibility index (Phi) is 6.99. The van der Waals surface area contributed by atoms with E-state index < -0.39 is 0 Å². The SMILES string of the molecule is COc1ccc(Br)cc1NC(=O)CN1CCc2nc3ccccc3c(C(=O)N3CCOCC3)c2C1. The summed E-state index contributed by atoms with van der Waals surface area (Å²) in [5.74, 6) is 0.465. The average molecular weight is 539 g/mol. The molecule has 3 aromatic rings. The average Bonchev–Trinajstić information content (AvgIpc) is 2.87. The fourth-order valence-corrected chi connectivity index (χ4v) is 5.08. The minimum atomic E-state index is -0.139. The van der Waals surface area contributed by atoms with E-state index in [0.717, 1.165) is 26.6 Å². The first-order valence-corrected chi connectivity index (χ1v) is 12.5. The summed E-state index contributed by atoms with van der Waals surface area (Å²) in [6.45, 7) is 3.61. The summed E-state index contributed by atoms with van der Waals surface area (Å²) >= 11 is 3.44. The Labute approximate surface area is 212 Å². The number of methoxy groups -OCH3 is 1. The van der Waals surface area contributed by atoms with E-state index in [9.17, 15) is 9.59 Å². The minimum absolute atomic E-state index is 0.00771. The van der Waals surface area contributed by atoms with Gasteiger partial charge in [0, 0.05) is 53.7 Å². The number of hydrogen-bond acceptors (Lipinski definition) is 6. The molecule has 1 fully saturated rings. The van der Waals surface area contributed by atoms with Crippen LogP contribution in [0.3, 0.4) is 0 Å². The monoisotopic (exact) mass is 538 g/mol. The molecule has 0 spiro atoms. The van der Waals surface area contributed by atoms with Gasteiger partial charge in [0.15, 0.2) is 0 Å². The highest BCUT2D eigenvalue weighted by Gasteiger charge is 2.29. The maximum atomic E-state index is 13.7. The van der Waals surface area contributed by atoms with Gasteiger partial charge in [0.1, 0.15) is 5.75 Å². The molecule has 2 aromatic carbocycles. The Bertz CT molecular complexity index is 1280. The summed E-state index contributed by atoms with van der Waals surface area (Å²) in [6, 6.07) is 13.3. The quantitative estimate of drug-likeness (QED) is 0.535. The molecule has 8 nitrogen and oxygen atoms in total. The molecule has 1 N–H and O–H groups in total. The van der Waals surface area contributed by atoms with Gasteiger partial charge in [0.2, 0.25) is 5.91 Å². The zero-order valence-electron chi connectivity index (χ0n) is 19.6. The number of pyridine rings is 1. The molecule has 2 amide bonds. The van der Waals surface area contributed by atoms with Gasteiger partial charge in [-0.25, -0.2) is 0 Å². The van der Waals surface area contributed by atoms with Gasteiger partial charge in [-0.3, -0.25) is 19.5 Å². The van der Waals surface area contributed by atoms with E-state index in [2.05, 4.69) is 26.1 Å². The topological polar surface area (TPSA) is 84.0 Å². The second-order valence-corrected chi connectivity index (χ2v) is 9.60. The zero-order valence-corrected chi connectivity index (χ0v) is 21.1. The summed E-state index contributed by atoms with van der Waals surface area (Å²) in [6.07, 6.45) is 0.678. The zero-order chi connectivity index (χ0) is 24.4. The second kappa shape index (κ2) is 10.3. The number of nitrogens with one attached hydrogen (secondary N) is 1. The number of nitrogens with zero attached hydrogens (tertiary/aromatic N) is 3. The predicted octanol–water partition coefficient (Wildman–Crippen LogP) is 3.48. The van der Waals surface area contributed by atoms with Gasteiger partial charge in [-0.05, 0) is 24.3 Å². The summed E-state index contributed by atoms with van der Waals surface area (Å²) in [7, 11) is 1.57. The van der Waals surface area contributed by atoms with Crippen LogP contribution in [0.15, 0.2) is 46.9 Å². The summed E-state index contributed by atoms with van der Waals surface area (Å²) in [5, 5.41) is 3.81. The van der Waals surface area contributed by atoms with Crippen molar-refractivity contribution in [1.82, 2.24) is 14.8 Å². The van der Waals surface area contributed by atoms with Crippen LogP contribution >= 0.6 is 15.9 Å². The largest absolute Gasteiger partial charge is 0.495 e. The van der Waals surface area contributed by atoms with Crippen molar-refractivity contribution in [2.24, 2.45) is 0 Å². The molecule has 0 radical (unpaired) electrons. The van der Waals surface area contributed by atoms with E-state index in [1.54, 1.807) is 13.2 Å². The molecule has 2 aliphatic heterocycles. The third-order valence-corrected chi connectivity index (χ3v) is 6.93. The number of amides is 2. The van der Waals surface area contributed by atoms with Crippen molar-refractivity contribution in [3.05, 3.63) is 63.8 Å². The molecule has 0 atom stereocenters. The number of benzene rings is 2. The van der Waals surface area contributed by atoms with Crippen LogP contribution in [0.5, 0.6) is 5.75 Å². The highest BCUT2D eigenvalue weighted by atomic mass is 79.9. The molecule has 0 unspecified atom stereocenters. The normalized spacial score (nSPS) is 16.1.